The van der Waals surface area contributed by atoms with Gasteiger partial charge >= 0.3 is 0 Å². The van der Waals surface area contributed by atoms with Gasteiger partial charge in [0.2, 0.25) is 11.9 Å². The molecular weight excluding hydrogens is 424 g/mol. The molecule has 164 valence electrons. The standard InChI is InChI=1S/C23H18N6O4/c30-21(25-17-9-2-4-11-19(17)29(32)33)13-20-22(31)27(14-15-7-5-6-12-24-15)23-26-16-8-1-3-10-18(16)28(20)23/h1-12,20H,13-14H2,(H,25,30)/t20-/m1/s1. The van der Waals surface area contributed by atoms with Crippen molar-refractivity contribution in [2.45, 2.75) is 19.0 Å². The van der Waals surface area contributed by atoms with Crippen molar-refractivity contribution in [2.75, 3.05) is 10.2 Å². The summed E-state index contributed by atoms with van der Waals surface area (Å²) in [5.41, 5.74) is 1.99. The van der Waals surface area contributed by atoms with Crippen LogP contribution in [0.15, 0.2) is 72.9 Å². The lowest BCUT2D eigenvalue weighted by Crippen LogP contribution is -2.31. The lowest BCUT2D eigenvalue weighted by Gasteiger charge is -2.15. The van der Waals surface area contributed by atoms with E-state index in [1.807, 2.05) is 36.4 Å². The number of carbonyl (C=O) groups excluding carboxylic acids is 2. The highest BCUT2D eigenvalue weighted by Crippen LogP contribution is 2.37. The number of rotatable bonds is 6. The number of anilines is 2. The number of hydrogen-bond donors (Lipinski definition) is 1. The molecular formula is C23H18N6O4. The second-order valence-corrected chi connectivity index (χ2v) is 7.56. The number of para-hydroxylation sites is 4. The maximum absolute atomic E-state index is 13.4. The summed E-state index contributed by atoms with van der Waals surface area (Å²) in [6, 6.07) is 17.9. The Kier molecular flexibility index (Phi) is 5.02. The number of benzene rings is 2. The Bertz CT molecular complexity index is 1380. The molecule has 0 saturated heterocycles. The third-order valence-corrected chi connectivity index (χ3v) is 5.48. The summed E-state index contributed by atoms with van der Waals surface area (Å²) in [6.07, 6.45) is 1.45. The predicted octanol–water partition coefficient (Wildman–Crippen LogP) is 3.46. The van der Waals surface area contributed by atoms with E-state index in [9.17, 15) is 19.7 Å². The topological polar surface area (TPSA) is 123 Å². The van der Waals surface area contributed by atoms with Gasteiger partial charge in [0.1, 0.15) is 11.7 Å². The molecule has 1 N–H and O–H groups in total. The Labute approximate surface area is 187 Å². The minimum absolute atomic E-state index is 0.0824. The Morgan fingerprint density at radius 3 is 2.61 bits per heavy atom. The molecule has 5 rings (SSSR count). The van der Waals surface area contributed by atoms with Gasteiger partial charge in [0.15, 0.2) is 0 Å². The minimum atomic E-state index is -0.834. The molecule has 33 heavy (non-hydrogen) atoms. The number of aromatic nitrogens is 3. The lowest BCUT2D eigenvalue weighted by atomic mass is 10.1. The van der Waals surface area contributed by atoms with E-state index in [0.29, 0.717) is 17.2 Å². The Morgan fingerprint density at radius 2 is 1.82 bits per heavy atom. The number of pyridine rings is 1. The summed E-state index contributed by atoms with van der Waals surface area (Å²) < 4.78 is 1.75. The van der Waals surface area contributed by atoms with Crippen molar-refractivity contribution >= 4 is 40.2 Å². The molecule has 10 heteroatoms. The molecule has 0 bridgehead atoms. The van der Waals surface area contributed by atoms with Crippen molar-refractivity contribution in [1.29, 1.82) is 0 Å². The van der Waals surface area contributed by atoms with Gasteiger partial charge in [-0.1, -0.05) is 30.3 Å². The van der Waals surface area contributed by atoms with Crippen LogP contribution in [-0.2, 0) is 16.1 Å². The maximum Gasteiger partial charge on any atom is 0.292 e. The predicted molar refractivity (Wildman–Crippen MR) is 121 cm³/mol. The SMILES string of the molecule is O=C(C[C@@H]1C(=O)N(Cc2ccccn2)c2nc3ccccc3n21)Nc1ccccc1[N+](=O)[O-]. The van der Waals surface area contributed by atoms with Crippen LogP contribution in [0.5, 0.6) is 0 Å². The second-order valence-electron chi connectivity index (χ2n) is 7.56. The molecule has 2 aromatic carbocycles. The fourth-order valence-electron chi connectivity index (χ4n) is 4.01. The first kappa shape index (κ1) is 20.3. The number of amides is 2. The first-order valence-electron chi connectivity index (χ1n) is 10.2. The molecule has 0 spiro atoms. The molecule has 10 nitrogen and oxygen atoms in total. The van der Waals surface area contributed by atoms with Crippen molar-refractivity contribution in [1.82, 2.24) is 14.5 Å². The average molecular weight is 442 g/mol. The Morgan fingerprint density at radius 1 is 1.06 bits per heavy atom. The summed E-state index contributed by atoms with van der Waals surface area (Å²) in [4.78, 5) is 47.4. The number of nitrogens with zero attached hydrogens (tertiary/aromatic N) is 5. The number of imidazole rings is 1. The largest absolute Gasteiger partial charge is 0.320 e. The lowest BCUT2D eigenvalue weighted by molar-refractivity contribution is -0.383. The van der Waals surface area contributed by atoms with E-state index in [-0.39, 0.29) is 30.2 Å². The summed E-state index contributed by atoms with van der Waals surface area (Å²) in [7, 11) is 0. The fourth-order valence-corrected chi connectivity index (χ4v) is 4.01. The van der Waals surface area contributed by atoms with E-state index >= 15 is 0 Å². The summed E-state index contributed by atoms with van der Waals surface area (Å²) >= 11 is 0. The van der Waals surface area contributed by atoms with Crippen molar-refractivity contribution < 1.29 is 14.5 Å². The van der Waals surface area contributed by atoms with Gasteiger partial charge in [0, 0.05) is 12.3 Å². The fraction of sp³-hybridized carbons (Fsp3) is 0.130. The van der Waals surface area contributed by atoms with Gasteiger partial charge < -0.3 is 5.32 Å². The van der Waals surface area contributed by atoms with Gasteiger partial charge in [-0.05, 0) is 30.3 Å². The van der Waals surface area contributed by atoms with Crippen LogP contribution in [0.1, 0.15) is 18.2 Å². The average Bonchev–Trinajstić information content (AvgIpc) is 3.31. The number of hydrogen-bond acceptors (Lipinski definition) is 6. The van der Waals surface area contributed by atoms with Crippen molar-refractivity contribution in [3.05, 3.63) is 88.7 Å². The van der Waals surface area contributed by atoms with E-state index in [1.165, 1.54) is 23.1 Å². The van der Waals surface area contributed by atoms with Crippen LogP contribution >= 0.6 is 0 Å². The molecule has 1 atom stereocenters. The third kappa shape index (κ3) is 3.67. The molecule has 1 aliphatic rings. The third-order valence-electron chi connectivity index (χ3n) is 5.48. The molecule has 3 heterocycles. The van der Waals surface area contributed by atoms with Crippen LogP contribution in [0.4, 0.5) is 17.3 Å². The molecule has 0 radical (unpaired) electrons. The number of carbonyl (C=O) groups is 2. The molecule has 0 unspecified atom stereocenters. The minimum Gasteiger partial charge on any atom is -0.320 e. The molecule has 1 aliphatic heterocycles. The zero-order valence-electron chi connectivity index (χ0n) is 17.3. The Hall–Kier alpha value is -4.60. The van der Waals surface area contributed by atoms with Crippen LogP contribution in [0, 0.1) is 10.1 Å². The highest BCUT2D eigenvalue weighted by Gasteiger charge is 2.41. The molecule has 2 aromatic heterocycles. The van der Waals surface area contributed by atoms with Gasteiger partial charge in [0.25, 0.3) is 11.6 Å². The second kappa shape index (κ2) is 8.15. The van der Waals surface area contributed by atoms with Crippen molar-refractivity contribution in [3.63, 3.8) is 0 Å². The first-order chi connectivity index (χ1) is 16.0. The van der Waals surface area contributed by atoms with Crippen LogP contribution in [-0.4, -0.2) is 31.3 Å². The van der Waals surface area contributed by atoms with E-state index in [0.717, 1.165) is 5.52 Å². The van der Waals surface area contributed by atoms with Crippen molar-refractivity contribution in [3.8, 4) is 0 Å². The van der Waals surface area contributed by atoms with Gasteiger partial charge in [-0.3, -0.25) is 34.2 Å². The highest BCUT2D eigenvalue weighted by atomic mass is 16.6. The van der Waals surface area contributed by atoms with Crippen LogP contribution in [0.2, 0.25) is 0 Å². The summed E-state index contributed by atoms with van der Waals surface area (Å²) in [6.45, 7) is 0.214. The number of nitro groups is 1. The molecule has 4 aromatic rings. The maximum atomic E-state index is 13.4. The van der Waals surface area contributed by atoms with Crippen LogP contribution in [0.25, 0.3) is 11.0 Å². The quantitative estimate of drug-likeness (QED) is 0.360. The number of nitro benzene ring substituents is 1. The summed E-state index contributed by atoms with van der Waals surface area (Å²) in [5, 5.41) is 13.8. The summed E-state index contributed by atoms with van der Waals surface area (Å²) in [5.74, 6) is -0.354. The van der Waals surface area contributed by atoms with Gasteiger partial charge in [0.05, 0.1) is 34.6 Å². The van der Waals surface area contributed by atoms with E-state index < -0.39 is 16.9 Å². The van der Waals surface area contributed by atoms with Crippen LogP contribution < -0.4 is 10.2 Å². The normalized spacial score (nSPS) is 15.0. The molecule has 0 aliphatic carbocycles. The van der Waals surface area contributed by atoms with E-state index in [1.54, 1.807) is 22.9 Å². The van der Waals surface area contributed by atoms with Gasteiger partial charge in [-0.2, -0.15) is 0 Å². The van der Waals surface area contributed by atoms with Gasteiger partial charge in [-0.15, -0.1) is 0 Å². The Balaban J connectivity index is 1.47. The van der Waals surface area contributed by atoms with Crippen LogP contribution in [0.3, 0.4) is 0 Å². The first-order valence-corrected chi connectivity index (χ1v) is 10.2. The number of nitrogens with one attached hydrogen (secondary N) is 1. The van der Waals surface area contributed by atoms with Crippen molar-refractivity contribution in [2.24, 2.45) is 0 Å². The molecule has 0 saturated carbocycles. The zero-order chi connectivity index (χ0) is 22.9. The van der Waals surface area contributed by atoms with E-state index in [4.69, 9.17) is 0 Å². The zero-order valence-corrected chi connectivity index (χ0v) is 17.3. The molecule has 0 fully saturated rings. The molecule has 2 amide bonds. The smallest absolute Gasteiger partial charge is 0.292 e. The monoisotopic (exact) mass is 442 g/mol. The van der Waals surface area contributed by atoms with E-state index in [2.05, 4.69) is 15.3 Å². The van der Waals surface area contributed by atoms with Gasteiger partial charge in [-0.25, -0.2) is 4.98 Å². The highest BCUT2D eigenvalue weighted by molar-refractivity contribution is 6.05. The number of fused-ring (bicyclic) bond motifs is 3.